The number of benzene rings is 2. The number of nitrogens with zero attached hydrogens (tertiary/aromatic N) is 2. The number of hydrogen-bond acceptors (Lipinski definition) is 6. The van der Waals surface area contributed by atoms with E-state index in [4.69, 9.17) is 4.74 Å². The van der Waals surface area contributed by atoms with E-state index in [1.807, 2.05) is 37.3 Å². The van der Waals surface area contributed by atoms with Gasteiger partial charge in [0.25, 0.3) is 0 Å². The number of hydrogen-bond donors (Lipinski definition) is 1. The minimum Gasteiger partial charge on any atom is -0.489 e. The van der Waals surface area contributed by atoms with Gasteiger partial charge in [0.05, 0.1) is 17.7 Å². The molecule has 1 unspecified atom stereocenters. The van der Waals surface area contributed by atoms with Gasteiger partial charge in [0.2, 0.25) is 5.91 Å². The van der Waals surface area contributed by atoms with E-state index in [1.165, 1.54) is 0 Å². The minimum atomic E-state index is -3.56. The summed E-state index contributed by atoms with van der Waals surface area (Å²) in [5.41, 5.74) is 3.51. The lowest BCUT2D eigenvalue weighted by molar-refractivity contribution is -0.121. The topological polar surface area (TPSA) is 88.6 Å². The highest BCUT2D eigenvalue weighted by molar-refractivity contribution is 7.92. The molecule has 1 N–H and O–H groups in total. The smallest absolute Gasteiger partial charge is 0.221 e. The van der Waals surface area contributed by atoms with Crippen LogP contribution in [0.25, 0.3) is 10.9 Å². The van der Waals surface area contributed by atoms with Crippen molar-refractivity contribution < 1.29 is 17.9 Å². The van der Waals surface area contributed by atoms with Crippen LogP contribution in [0, 0.1) is 12.8 Å². The fourth-order valence-electron chi connectivity index (χ4n) is 5.07. The zero-order chi connectivity index (χ0) is 25.9. The first-order valence-corrected chi connectivity index (χ1v) is 14.0. The van der Waals surface area contributed by atoms with Gasteiger partial charge < -0.3 is 15.0 Å². The van der Waals surface area contributed by atoms with E-state index >= 15 is 0 Å². The number of carbonyl (C=O) groups excluding carboxylic acids is 1. The fraction of sp³-hybridized carbons (Fsp3) is 0.429. The Morgan fingerprint density at radius 2 is 1.89 bits per heavy atom. The van der Waals surface area contributed by atoms with Crippen molar-refractivity contribution in [2.75, 3.05) is 32.4 Å². The quantitative estimate of drug-likeness (QED) is 0.496. The molecule has 36 heavy (non-hydrogen) atoms. The third-order valence-corrected chi connectivity index (χ3v) is 9.22. The van der Waals surface area contributed by atoms with E-state index in [9.17, 15) is 13.2 Å². The fourth-order valence-corrected chi connectivity index (χ4v) is 7.19. The van der Waals surface area contributed by atoms with Gasteiger partial charge >= 0.3 is 0 Å². The molecule has 2 aromatic carbocycles. The van der Waals surface area contributed by atoms with Crippen molar-refractivity contribution in [3.8, 4) is 5.75 Å². The molecule has 0 aliphatic carbocycles. The summed E-state index contributed by atoms with van der Waals surface area (Å²) >= 11 is 0. The molecule has 3 aromatic rings. The molecule has 1 aliphatic heterocycles. The van der Waals surface area contributed by atoms with Gasteiger partial charge in [-0.15, -0.1) is 0 Å². The Bertz CT molecular complexity index is 1340. The molecule has 1 amide bonds. The number of aromatic nitrogens is 1. The Labute approximate surface area is 213 Å². The summed E-state index contributed by atoms with van der Waals surface area (Å²) in [6.45, 7) is 8.12. The molecule has 1 fully saturated rings. The number of aryl methyl sites for hydroxylation is 1. The standard InChI is InChI=1S/C28H35N3O4S/c1-20(2)17-31-13-14-36(33,34)28(19-31,16-27(32)29-4)23-9-11-24(12-10-23)35-18-22-15-21(3)30-26-8-6-5-7-25(22)26/h5-12,15,20H,13-14,16-19H2,1-4H3,(H,29,32). The van der Waals surface area contributed by atoms with E-state index < -0.39 is 14.6 Å². The molecule has 4 rings (SSSR count). The van der Waals surface area contributed by atoms with Crippen molar-refractivity contribution in [3.05, 3.63) is 71.4 Å². The summed E-state index contributed by atoms with van der Waals surface area (Å²) in [6.07, 6.45) is -0.108. The highest BCUT2D eigenvalue weighted by Crippen LogP contribution is 2.39. The lowest BCUT2D eigenvalue weighted by Gasteiger charge is -2.42. The first-order chi connectivity index (χ1) is 17.1. The average Bonchev–Trinajstić information content (AvgIpc) is 2.84. The number of ether oxygens (including phenoxy) is 1. The van der Waals surface area contributed by atoms with Crippen molar-refractivity contribution in [3.63, 3.8) is 0 Å². The Morgan fingerprint density at radius 3 is 2.58 bits per heavy atom. The predicted molar refractivity (Wildman–Crippen MR) is 143 cm³/mol. The maximum Gasteiger partial charge on any atom is 0.221 e. The van der Waals surface area contributed by atoms with Gasteiger partial charge in [-0.3, -0.25) is 9.78 Å². The number of amides is 1. The third-order valence-electron chi connectivity index (χ3n) is 6.80. The molecule has 0 saturated carbocycles. The van der Waals surface area contributed by atoms with E-state index in [0.29, 0.717) is 36.9 Å². The Morgan fingerprint density at radius 1 is 1.17 bits per heavy atom. The molecule has 192 valence electrons. The van der Waals surface area contributed by atoms with E-state index in [1.54, 1.807) is 31.3 Å². The molecule has 0 spiro atoms. The van der Waals surface area contributed by atoms with Gasteiger partial charge in [-0.25, -0.2) is 8.42 Å². The number of nitrogens with one attached hydrogen (secondary N) is 1. The predicted octanol–water partition coefficient (Wildman–Crippen LogP) is 3.84. The maximum atomic E-state index is 13.5. The zero-order valence-corrected chi connectivity index (χ0v) is 22.3. The Kier molecular flexibility index (Phi) is 7.66. The Balaban J connectivity index is 1.62. The van der Waals surface area contributed by atoms with Crippen LogP contribution in [0.2, 0.25) is 0 Å². The van der Waals surface area contributed by atoms with Crippen molar-refractivity contribution in [2.45, 2.75) is 38.5 Å². The summed E-state index contributed by atoms with van der Waals surface area (Å²) < 4.78 is 31.8. The van der Waals surface area contributed by atoms with Gasteiger partial charge in [0.15, 0.2) is 9.84 Å². The first kappa shape index (κ1) is 26.1. The minimum absolute atomic E-state index is 0.0312. The van der Waals surface area contributed by atoms with Crippen molar-refractivity contribution in [1.29, 1.82) is 0 Å². The van der Waals surface area contributed by atoms with Crippen LogP contribution >= 0.6 is 0 Å². The molecule has 0 radical (unpaired) electrons. The normalized spacial score (nSPS) is 19.9. The second kappa shape index (κ2) is 10.6. The van der Waals surface area contributed by atoms with Crippen LogP contribution in [0.3, 0.4) is 0 Å². The van der Waals surface area contributed by atoms with Crippen LogP contribution in [-0.2, 0) is 26.0 Å². The van der Waals surface area contributed by atoms with Crippen LogP contribution in [0.4, 0.5) is 0 Å². The number of pyridine rings is 1. The summed E-state index contributed by atoms with van der Waals surface area (Å²) in [7, 11) is -2.02. The first-order valence-electron chi connectivity index (χ1n) is 12.4. The Hall–Kier alpha value is -2.97. The van der Waals surface area contributed by atoms with Crippen LogP contribution in [0.1, 0.15) is 37.1 Å². The van der Waals surface area contributed by atoms with E-state index in [-0.39, 0.29) is 18.1 Å². The highest BCUT2D eigenvalue weighted by atomic mass is 32.2. The van der Waals surface area contributed by atoms with Crippen molar-refractivity contribution in [2.24, 2.45) is 5.92 Å². The summed E-state index contributed by atoms with van der Waals surface area (Å²) in [5.74, 6) is 0.778. The number of rotatable bonds is 8. The molecular weight excluding hydrogens is 474 g/mol. The van der Waals surface area contributed by atoms with Gasteiger partial charge in [0.1, 0.15) is 17.1 Å². The number of fused-ring (bicyclic) bond motifs is 1. The molecule has 1 aliphatic rings. The molecule has 8 heteroatoms. The maximum absolute atomic E-state index is 13.5. The summed E-state index contributed by atoms with van der Waals surface area (Å²) in [4.78, 5) is 19.3. The van der Waals surface area contributed by atoms with Gasteiger partial charge in [0, 0.05) is 43.3 Å². The van der Waals surface area contributed by atoms with Crippen LogP contribution in [-0.4, -0.2) is 56.6 Å². The highest BCUT2D eigenvalue weighted by Gasteiger charge is 2.50. The summed E-state index contributed by atoms with van der Waals surface area (Å²) in [5, 5.41) is 3.66. The number of sulfone groups is 1. The SMILES string of the molecule is CNC(=O)CC1(c2ccc(OCc3cc(C)nc4ccccc34)cc2)CN(CC(C)C)CCS1(=O)=O. The number of carbonyl (C=O) groups is 1. The molecule has 1 aromatic heterocycles. The average molecular weight is 510 g/mol. The van der Waals surface area contributed by atoms with Gasteiger partial charge in [-0.05, 0) is 42.7 Å². The van der Waals surface area contributed by atoms with Crippen molar-refractivity contribution >= 4 is 26.6 Å². The van der Waals surface area contributed by atoms with Crippen LogP contribution < -0.4 is 10.1 Å². The summed E-state index contributed by atoms with van der Waals surface area (Å²) in [6, 6.07) is 17.2. The van der Waals surface area contributed by atoms with E-state index in [0.717, 1.165) is 28.7 Å². The molecule has 1 atom stereocenters. The lowest BCUT2D eigenvalue weighted by atomic mass is 9.92. The molecule has 7 nitrogen and oxygen atoms in total. The third kappa shape index (κ3) is 5.39. The van der Waals surface area contributed by atoms with Crippen molar-refractivity contribution in [1.82, 2.24) is 15.2 Å². The second-order valence-electron chi connectivity index (χ2n) is 10.0. The monoisotopic (exact) mass is 509 g/mol. The van der Waals surface area contributed by atoms with Crippen LogP contribution in [0.5, 0.6) is 5.75 Å². The molecule has 0 bridgehead atoms. The van der Waals surface area contributed by atoms with Crippen LogP contribution in [0.15, 0.2) is 54.6 Å². The van der Waals surface area contributed by atoms with E-state index in [2.05, 4.69) is 29.0 Å². The lowest BCUT2D eigenvalue weighted by Crippen LogP contribution is -2.56. The molecular formula is C28H35N3O4S. The molecule has 2 heterocycles. The number of para-hydroxylation sites is 1. The van der Waals surface area contributed by atoms with Gasteiger partial charge in [-0.1, -0.05) is 44.2 Å². The largest absolute Gasteiger partial charge is 0.489 e. The second-order valence-corrected chi connectivity index (χ2v) is 12.5. The molecule has 1 saturated heterocycles. The van der Waals surface area contributed by atoms with Gasteiger partial charge in [-0.2, -0.15) is 0 Å². The zero-order valence-electron chi connectivity index (χ0n) is 21.5.